The zero-order chi connectivity index (χ0) is 104. The zero-order valence-electron chi connectivity index (χ0n) is 82.7. The fraction of sp³-hybridized carbons (Fsp3) is 0.230. The van der Waals surface area contributed by atoms with Crippen molar-refractivity contribution >= 4 is 111 Å². The van der Waals surface area contributed by atoms with Gasteiger partial charge >= 0.3 is 0 Å². The van der Waals surface area contributed by atoms with Crippen LogP contribution in [0.1, 0.15) is 65.0 Å². The summed E-state index contributed by atoms with van der Waals surface area (Å²) in [5.41, 5.74) is 8.26. The minimum Gasteiger partial charge on any atom is -0.497 e. The highest BCUT2D eigenvalue weighted by atomic mass is 79.9. The van der Waals surface area contributed by atoms with Gasteiger partial charge < -0.3 is 100 Å². The predicted octanol–water partition coefficient (Wildman–Crippen LogP) is 15.6. The number of carbonyl (C=O) groups excluding carboxylic acids is 4. The van der Waals surface area contributed by atoms with Gasteiger partial charge in [0.1, 0.15) is 78.5 Å². The van der Waals surface area contributed by atoms with E-state index in [1.807, 2.05) is 141 Å². The summed E-state index contributed by atoms with van der Waals surface area (Å²) < 4.78 is 64.3. The Labute approximate surface area is 859 Å². The van der Waals surface area contributed by atoms with Gasteiger partial charge in [-0.1, -0.05) is 61.2 Å². The average Bonchev–Trinajstić information content (AvgIpc) is 1.15. The van der Waals surface area contributed by atoms with E-state index in [1.54, 1.807) is 203 Å². The number of nitrogens with zero attached hydrogens (tertiary/aromatic N) is 12. The lowest BCUT2D eigenvalue weighted by Crippen LogP contribution is -2.40. The molecule has 12 heterocycles. The average molecular weight is 2070 g/mol. The molecule has 0 aliphatic carbocycles. The molecule has 3 aliphatic rings. The fourth-order valence-electron chi connectivity index (χ4n) is 16.8. The topological polar surface area (TPSA) is 384 Å². The van der Waals surface area contributed by atoms with E-state index in [0.29, 0.717) is 133 Å². The van der Waals surface area contributed by atoms with E-state index >= 15 is 0 Å². The molecule has 3 N–H and O–H groups in total. The Hall–Kier alpha value is -17.3. The van der Waals surface area contributed by atoms with E-state index < -0.39 is 11.6 Å². The van der Waals surface area contributed by atoms with Crippen molar-refractivity contribution in [1.82, 2.24) is 42.8 Å². The number of halogens is 1. The van der Waals surface area contributed by atoms with Crippen LogP contribution in [0.25, 0.3) is 49.2 Å². The second kappa shape index (κ2) is 49.3. The lowest BCUT2D eigenvalue weighted by Gasteiger charge is -2.28. The summed E-state index contributed by atoms with van der Waals surface area (Å²) in [6, 6.07) is 66.7. The number of nitrogens with one attached hydrogen (secondary N) is 1. The van der Waals surface area contributed by atoms with Crippen LogP contribution in [0.4, 0.5) is 22.7 Å². The number of Topliss-reactive ketones (excluding diaryl/α,β-unsaturated/α-hetero) is 1. The van der Waals surface area contributed by atoms with Crippen molar-refractivity contribution in [3.8, 4) is 57.5 Å². The molecule has 0 spiro atoms. The van der Waals surface area contributed by atoms with Crippen LogP contribution in [-0.2, 0) is 47.7 Å². The first-order chi connectivity index (χ1) is 71.7. The highest BCUT2D eigenvalue weighted by Gasteiger charge is 2.34. The third-order valence-electron chi connectivity index (χ3n) is 24.7. The molecule has 2 atom stereocenters. The number of rotatable bonds is 33. The molecule has 760 valence electrons. The van der Waals surface area contributed by atoms with Gasteiger partial charge in [0, 0.05) is 204 Å². The van der Waals surface area contributed by atoms with Crippen LogP contribution < -0.4 is 95.2 Å². The molecule has 0 radical (unpaired) electrons. The predicted molar refractivity (Wildman–Crippen MR) is 570 cm³/mol. The van der Waals surface area contributed by atoms with Crippen molar-refractivity contribution in [1.29, 1.82) is 0 Å². The molecule has 34 nitrogen and oxygen atoms in total. The van der Waals surface area contributed by atoms with E-state index in [1.165, 1.54) is 42.9 Å². The van der Waals surface area contributed by atoms with Gasteiger partial charge in [-0.15, -0.1) is 0 Å². The summed E-state index contributed by atoms with van der Waals surface area (Å²) in [5.74, 6) is 6.28. The van der Waals surface area contributed by atoms with Gasteiger partial charge in [0.2, 0.25) is 5.91 Å². The maximum atomic E-state index is 12.7. The summed E-state index contributed by atoms with van der Waals surface area (Å²) in [6.07, 6.45) is 19.7. The molecule has 0 saturated carbocycles. The van der Waals surface area contributed by atoms with Crippen molar-refractivity contribution in [2.24, 2.45) is 0 Å². The molecule has 0 unspecified atom stereocenters. The van der Waals surface area contributed by atoms with E-state index in [9.17, 15) is 53.4 Å². The van der Waals surface area contributed by atoms with Gasteiger partial charge in [-0.3, -0.25) is 63.1 Å². The number of fused-ring (bicyclic) bond motifs is 5. The number of allylic oxidation sites excluding steroid dienone is 2. The Morgan fingerprint density at radius 2 is 0.912 bits per heavy atom. The monoisotopic (exact) mass is 2060 g/mol. The number of benzene rings is 7. The number of aliphatic hydroxyl groups excluding tert-OH is 2. The molecule has 2 saturated heterocycles. The number of carbonyl (C=O) groups is 4. The Bertz CT molecular complexity index is 7870. The van der Waals surface area contributed by atoms with Crippen LogP contribution in [0.5, 0.6) is 57.5 Å². The Morgan fingerprint density at radius 3 is 1.40 bits per heavy atom. The molecule has 0 bridgehead atoms. The minimum absolute atomic E-state index is 0.00791. The van der Waals surface area contributed by atoms with Crippen molar-refractivity contribution in [3.63, 3.8) is 0 Å². The van der Waals surface area contributed by atoms with E-state index in [2.05, 4.69) is 52.7 Å². The summed E-state index contributed by atoms with van der Waals surface area (Å²) in [5, 5.41) is 25.4. The third kappa shape index (κ3) is 26.1. The number of ketones is 1. The van der Waals surface area contributed by atoms with Crippen LogP contribution in [0.15, 0.2) is 334 Å². The lowest BCUT2D eigenvalue weighted by atomic mass is 10.0. The summed E-state index contributed by atoms with van der Waals surface area (Å²) in [4.78, 5) is 133. The van der Waals surface area contributed by atoms with Crippen LogP contribution >= 0.6 is 15.9 Å². The highest BCUT2D eigenvalue weighted by Crippen LogP contribution is 2.42. The molecule has 19 rings (SSSR count). The minimum atomic E-state index is -0.975. The number of aliphatic hydroxyl groups is 2. The van der Waals surface area contributed by atoms with Crippen molar-refractivity contribution in [2.45, 2.75) is 83.4 Å². The standard InChI is InChI=1S/C27H26N2O4.C24H21N3O4.C22H23N3O5.C21H21N3O5.C19H19BrN2O3/c1-27(2,18-33-25-13-14-28-23-16-21(32-3)10-11-22(23)25)29-17-19(9-12-26(29)31)15-24(30)20-7-5-4-6-8-20;1-30-19-8-9-20-21(15-19)25-12-11-22(20)31-14-13-27-16-18(7-10-23(27)28)26-24(29)17-5-3-2-4-6-17;1-29-17-4-5-18-19(12-17)23-9-8-20(18)30-11-10-24-13-15(2-6-21(24)27)25-16(14-26)3-7-22(25)28;1-28-15-3-4-16-17(12-15)22-8-6-19(16)29-11-10-23-13-14(2-5-20(23)26)24-9-7-18(25)21(24)27;1-13-6-7-21(8-9-22-12-14(20)4-5-19(22)23)16-11-18(25-3)17(24-2)10-15(13)16/h4-14,16-17H,15,18H2,1-3H3;2-12,15-16H,13-14H2,1H3,(H,26,29);2,4-6,8-9,12-13,16,26H,3,7,10-11,14H2,1H3;2-6,8,12-13,18,25H,7,9-11H2,1H3;4-7,10-12H,1,8-9H2,2-3H3/t;;16-;18-;/m..10./s1. The van der Waals surface area contributed by atoms with E-state index in [4.69, 9.17) is 47.4 Å². The summed E-state index contributed by atoms with van der Waals surface area (Å²) in [6.45, 7) is 11.5. The normalized spacial score (nSPS) is 13.5. The van der Waals surface area contributed by atoms with E-state index in [0.717, 1.165) is 82.0 Å². The van der Waals surface area contributed by atoms with Crippen LogP contribution in [0.2, 0.25) is 0 Å². The number of amides is 3. The maximum Gasteiger partial charge on any atom is 0.255 e. The van der Waals surface area contributed by atoms with Gasteiger partial charge in [-0.25, -0.2) is 0 Å². The molecular weight excluding hydrogens is 1960 g/mol. The van der Waals surface area contributed by atoms with Gasteiger partial charge in [-0.2, -0.15) is 0 Å². The quantitative estimate of drug-likeness (QED) is 0.0322. The van der Waals surface area contributed by atoms with Crippen molar-refractivity contribution < 1.29 is 76.8 Å². The molecule has 148 heavy (non-hydrogen) atoms. The van der Waals surface area contributed by atoms with Gasteiger partial charge in [-0.05, 0) is 169 Å². The zero-order valence-corrected chi connectivity index (χ0v) is 84.2. The van der Waals surface area contributed by atoms with Gasteiger partial charge in [0.15, 0.2) is 17.3 Å². The number of anilines is 4. The van der Waals surface area contributed by atoms with E-state index in [-0.39, 0.29) is 96.8 Å². The third-order valence-corrected chi connectivity index (χ3v) is 25.2. The highest BCUT2D eigenvalue weighted by molar-refractivity contribution is 9.10. The first kappa shape index (κ1) is 105. The van der Waals surface area contributed by atoms with Crippen molar-refractivity contribution in [3.05, 3.63) is 384 Å². The number of hydrogen-bond donors (Lipinski definition) is 3. The van der Waals surface area contributed by atoms with Crippen LogP contribution in [0, 0.1) is 0 Å². The molecule has 9 aromatic heterocycles. The van der Waals surface area contributed by atoms with Crippen molar-refractivity contribution in [2.75, 3.05) is 109 Å². The largest absolute Gasteiger partial charge is 0.497 e. The number of methoxy groups -OCH3 is 6. The molecule has 35 heteroatoms. The molecular formula is C113H110BrN13O21. The lowest BCUT2D eigenvalue weighted by molar-refractivity contribution is -0.124. The van der Waals surface area contributed by atoms with Gasteiger partial charge in [0.05, 0.1) is 125 Å². The second-order valence-electron chi connectivity index (χ2n) is 34.8. The van der Waals surface area contributed by atoms with Crippen LogP contribution in [-0.4, -0.2) is 177 Å². The Kier molecular flexibility index (Phi) is 35.0. The molecule has 3 amide bonds. The molecule has 16 aromatic rings. The number of hydrogen-bond acceptors (Lipinski definition) is 26. The summed E-state index contributed by atoms with van der Waals surface area (Å²) in [7, 11) is 9.65. The molecule has 7 aromatic carbocycles. The molecule has 3 aliphatic heterocycles. The Balaban J connectivity index is 0.000000139. The number of ether oxygens (including phenoxy) is 10. The first-order valence-corrected chi connectivity index (χ1v) is 48.2. The second-order valence-corrected chi connectivity index (χ2v) is 35.7. The SMILES string of the molecule is C=C1C=CN(CCn2cc(Br)ccc2=O)c2cc(OC)c(OC)cc21.COc1ccc2c(OCC(C)(C)n3cc(CC(=O)c4ccccc4)ccc3=O)ccnc2c1.COc1ccc2c(OCCn3cc(N4C(=O)CC[C@@H]4CO)ccc3=O)ccnc2c1.COc1ccc2c(OCCn3cc(N4CC[C@H](O)C4=O)ccc3=O)ccnc2c1.COc1ccc2c(OCCn3cc(NC(=O)c4ccccc4)ccc3=O)ccnc2c1. The fourth-order valence-corrected chi connectivity index (χ4v) is 17.2. The Morgan fingerprint density at radius 1 is 0.459 bits per heavy atom. The summed E-state index contributed by atoms with van der Waals surface area (Å²) >= 11 is 3.40. The first-order valence-electron chi connectivity index (χ1n) is 47.4. The smallest absolute Gasteiger partial charge is 0.255 e. The maximum absolute atomic E-state index is 12.7. The number of pyridine rings is 9. The molecule has 2 fully saturated rings. The number of aromatic nitrogens is 9. The van der Waals surface area contributed by atoms with Gasteiger partial charge in [0.25, 0.3) is 39.6 Å². The van der Waals surface area contributed by atoms with Crippen LogP contribution in [0.3, 0.4) is 0 Å².